The topological polar surface area (TPSA) is 104 Å². The number of carbonyl (C=O) groups is 2. The fourth-order valence-electron chi connectivity index (χ4n) is 4.29. The normalized spacial score (nSPS) is 22.1. The number of hydrogen-bond acceptors (Lipinski definition) is 6. The van der Waals surface area contributed by atoms with Crippen molar-refractivity contribution in [2.24, 2.45) is 5.41 Å². The number of benzene rings is 2. The van der Waals surface area contributed by atoms with Crippen LogP contribution >= 0.6 is 11.6 Å². The lowest BCUT2D eigenvalue weighted by molar-refractivity contribution is -0.129. The van der Waals surface area contributed by atoms with Gasteiger partial charge in [0.2, 0.25) is 0 Å². The summed E-state index contributed by atoms with van der Waals surface area (Å²) in [5.41, 5.74) is -2.26. The maximum absolute atomic E-state index is 14.1. The average molecular weight is 506 g/mol. The molecule has 7 nitrogen and oxygen atoms in total. The number of amides is 1. The van der Waals surface area contributed by atoms with Crippen molar-refractivity contribution < 1.29 is 24.9 Å². The summed E-state index contributed by atoms with van der Waals surface area (Å²) in [4.78, 5) is 31.8. The zero-order valence-corrected chi connectivity index (χ0v) is 20.0. The molecule has 1 amide bonds. The lowest BCUT2D eigenvalue weighted by Crippen LogP contribution is -2.47. The van der Waals surface area contributed by atoms with Crippen LogP contribution in [0, 0.1) is 16.7 Å². The molecule has 0 bridgehead atoms. The molecule has 2 aromatic carbocycles. The quantitative estimate of drug-likeness (QED) is 0.453. The third-order valence-electron chi connectivity index (χ3n) is 6.51. The molecule has 0 spiro atoms. The number of nitriles is 1. The Morgan fingerprint density at radius 1 is 1.25 bits per heavy atom. The van der Waals surface area contributed by atoms with Crippen LogP contribution in [-0.2, 0) is 17.0 Å². The molecule has 36 heavy (non-hydrogen) atoms. The first-order chi connectivity index (χ1) is 18.8. The van der Waals surface area contributed by atoms with Crippen LogP contribution in [0.5, 0.6) is 0 Å². The minimum absolute atomic E-state index is 0.0153. The maximum atomic E-state index is 14.1. The Morgan fingerprint density at radius 3 is 2.58 bits per heavy atom. The Kier molecular flexibility index (Phi) is 4.98. The van der Waals surface area contributed by atoms with E-state index in [0.717, 1.165) is 0 Å². The predicted molar refractivity (Wildman–Crippen MR) is 132 cm³/mol. The van der Waals surface area contributed by atoms with Crippen LogP contribution in [0.15, 0.2) is 60.8 Å². The van der Waals surface area contributed by atoms with E-state index in [1.54, 1.807) is 30.3 Å². The summed E-state index contributed by atoms with van der Waals surface area (Å²) in [6, 6.07) is 15.8. The minimum atomic E-state index is -2.92. The van der Waals surface area contributed by atoms with E-state index in [1.807, 2.05) is 6.07 Å². The van der Waals surface area contributed by atoms with Crippen LogP contribution < -0.4 is 0 Å². The summed E-state index contributed by atoms with van der Waals surface area (Å²) in [5, 5.41) is 19.9. The van der Waals surface area contributed by atoms with Gasteiger partial charge in [-0.3, -0.25) is 19.5 Å². The highest BCUT2D eigenvalue weighted by atomic mass is 35.5. The van der Waals surface area contributed by atoms with Crippen LogP contribution in [0.4, 0.5) is 0 Å². The molecular weight excluding hydrogens is 478 g/mol. The van der Waals surface area contributed by atoms with Gasteiger partial charge in [-0.1, -0.05) is 35.9 Å². The molecule has 182 valence electrons. The molecule has 1 atom stereocenters. The zero-order valence-electron chi connectivity index (χ0n) is 23.3. The van der Waals surface area contributed by atoms with Gasteiger partial charge in [-0.15, -0.1) is 0 Å². The molecule has 0 unspecified atom stereocenters. The first kappa shape index (κ1) is 19.6. The lowest BCUT2D eigenvalue weighted by Gasteiger charge is -2.40. The first-order valence-corrected chi connectivity index (χ1v) is 11.6. The Bertz CT molecular complexity index is 1550. The number of hydrogen-bond donors (Lipinski definition) is 1. The second kappa shape index (κ2) is 9.14. The molecule has 0 saturated heterocycles. The second-order valence-electron chi connectivity index (χ2n) is 8.91. The van der Waals surface area contributed by atoms with Crippen molar-refractivity contribution in [3.8, 4) is 6.07 Å². The average Bonchev–Trinajstić information content (AvgIpc) is 3.71. The number of aromatic nitrogens is 1. The maximum Gasteiger partial charge on any atom is 0.257 e. The molecule has 1 aliphatic heterocycles. The van der Waals surface area contributed by atoms with Gasteiger partial charge >= 0.3 is 0 Å². The highest BCUT2D eigenvalue weighted by molar-refractivity contribution is 6.30. The molecule has 3 aromatic rings. The third kappa shape index (κ3) is 4.07. The standard InChI is InChI=1S/C28H24ClN3O4/c1-18(34)20-3-9-25-24(12-20)26(35)32(15-23-8-2-19(13-30)14-31-23)28(25,21-4-6-22(29)7-5-21)36-17-27(16-33)10-11-27/h2-9,12,14,33H,10-11,15-17H2,1H3/t28-/m1/s1/i16D2,17D2. The van der Waals surface area contributed by atoms with Crippen LogP contribution in [0.25, 0.3) is 0 Å². The van der Waals surface area contributed by atoms with E-state index < -0.39 is 30.2 Å². The van der Waals surface area contributed by atoms with Crippen molar-refractivity contribution in [3.63, 3.8) is 0 Å². The number of carbonyl (C=O) groups excluding carboxylic acids is 2. The van der Waals surface area contributed by atoms with Crippen molar-refractivity contribution >= 4 is 23.3 Å². The van der Waals surface area contributed by atoms with Gasteiger partial charge in [-0.25, -0.2) is 0 Å². The van der Waals surface area contributed by atoms with Gasteiger partial charge in [-0.2, -0.15) is 5.26 Å². The number of nitrogens with zero attached hydrogens (tertiary/aromatic N) is 3. The SMILES string of the molecule is [2H]C([2H])(O)C1(C([2H])([2H])O[C@]2(c3ccc(Cl)cc3)c3ccc(C(C)=O)cc3C(=O)N2Cc2ccc(C#N)cn2)CC1. The molecule has 8 heteroatoms. The van der Waals surface area contributed by atoms with Crippen molar-refractivity contribution in [2.75, 3.05) is 13.1 Å². The van der Waals surface area contributed by atoms with Crippen molar-refractivity contribution in [1.82, 2.24) is 9.88 Å². The second-order valence-corrected chi connectivity index (χ2v) is 9.34. The summed E-state index contributed by atoms with van der Waals surface area (Å²) in [5.74, 6) is -0.853. The Balaban J connectivity index is 1.76. The van der Waals surface area contributed by atoms with E-state index in [0.29, 0.717) is 21.8 Å². The zero-order chi connectivity index (χ0) is 29.1. The van der Waals surface area contributed by atoms with E-state index in [2.05, 4.69) is 4.98 Å². The number of aliphatic hydroxyl groups is 1. The van der Waals surface area contributed by atoms with Gasteiger partial charge in [0.1, 0.15) is 6.07 Å². The van der Waals surface area contributed by atoms with Crippen LogP contribution in [-0.4, -0.2) is 39.8 Å². The molecule has 1 saturated carbocycles. The minimum Gasteiger partial charge on any atom is -0.396 e. The van der Waals surface area contributed by atoms with Crippen LogP contribution in [0.2, 0.25) is 5.02 Å². The number of fused-ring (bicyclic) bond motifs is 1. The molecule has 1 aliphatic carbocycles. The molecule has 5 rings (SSSR count). The monoisotopic (exact) mass is 505 g/mol. The van der Waals surface area contributed by atoms with Crippen LogP contribution in [0.3, 0.4) is 0 Å². The van der Waals surface area contributed by atoms with Crippen LogP contribution in [0.1, 0.15) is 68.3 Å². The summed E-state index contributed by atoms with van der Waals surface area (Å²) in [7, 11) is 0. The van der Waals surface area contributed by atoms with Crippen molar-refractivity contribution in [1.29, 1.82) is 5.26 Å². The van der Waals surface area contributed by atoms with Gasteiger partial charge in [0, 0.05) is 38.9 Å². The fraction of sp³-hybridized carbons (Fsp3) is 0.286. The fourth-order valence-corrected chi connectivity index (χ4v) is 4.41. The van der Waals surface area contributed by atoms with E-state index in [9.17, 15) is 14.7 Å². The molecule has 1 N–H and O–H groups in total. The molecule has 2 aliphatic rings. The van der Waals surface area contributed by atoms with E-state index in [1.165, 1.54) is 42.3 Å². The summed E-state index contributed by atoms with van der Waals surface area (Å²) in [6.07, 6.45) is 1.38. The number of ketones is 1. The predicted octanol–water partition coefficient (Wildman–Crippen LogP) is 4.46. The number of ether oxygens (including phenoxy) is 1. The van der Waals surface area contributed by atoms with E-state index >= 15 is 0 Å². The summed E-state index contributed by atoms with van der Waals surface area (Å²) < 4.78 is 40.2. The Morgan fingerprint density at radius 2 is 2.00 bits per heavy atom. The molecule has 2 heterocycles. The van der Waals surface area contributed by atoms with Crippen molar-refractivity contribution in [2.45, 2.75) is 32.0 Å². The number of halogens is 1. The molecular formula is C28H24ClN3O4. The smallest absolute Gasteiger partial charge is 0.257 e. The molecule has 1 aromatic heterocycles. The van der Waals surface area contributed by atoms with Crippen molar-refractivity contribution in [3.05, 3.63) is 99.3 Å². The van der Waals surface area contributed by atoms with Gasteiger partial charge in [0.25, 0.3) is 5.91 Å². The third-order valence-corrected chi connectivity index (χ3v) is 6.77. The van der Waals surface area contributed by atoms with Gasteiger partial charge in [0.15, 0.2) is 11.5 Å². The molecule has 1 fully saturated rings. The number of pyridine rings is 1. The summed E-state index contributed by atoms with van der Waals surface area (Å²) in [6.45, 7) is -4.52. The highest BCUT2D eigenvalue weighted by Gasteiger charge is 2.54. The summed E-state index contributed by atoms with van der Waals surface area (Å²) >= 11 is 6.17. The van der Waals surface area contributed by atoms with E-state index in [4.69, 9.17) is 27.1 Å². The van der Waals surface area contributed by atoms with Gasteiger partial charge < -0.3 is 9.84 Å². The number of Topliss-reactive ketones (excluding diaryl/α,β-unsaturated/α-hetero) is 1. The Hall–Kier alpha value is -3.57. The first-order valence-electron chi connectivity index (χ1n) is 13.3. The van der Waals surface area contributed by atoms with E-state index in [-0.39, 0.29) is 41.9 Å². The van der Waals surface area contributed by atoms with Gasteiger partial charge in [-0.05, 0) is 50.1 Å². The largest absolute Gasteiger partial charge is 0.396 e. The van der Waals surface area contributed by atoms with Gasteiger partial charge in [0.05, 0.1) is 36.4 Å². The lowest BCUT2D eigenvalue weighted by atomic mass is 9.91. The highest BCUT2D eigenvalue weighted by Crippen LogP contribution is 2.51. The molecule has 0 radical (unpaired) electrons. The Labute approximate surface area is 219 Å². The number of rotatable bonds is 8.